The minimum absolute atomic E-state index is 0.127. The third kappa shape index (κ3) is 9.59. The van der Waals surface area contributed by atoms with Crippen molar-refractivity contribution in [1.29, 1.82) is 0 Å². The highest BCUT2D eigenvalue weighted by atomic mass is 32.2. The van der Waals surface area contributed by atoms with Gasteiger partial charge in [0.1, 0.15) is 0 Å². The summed E-state index contributed by atoms with van der Waals surface area (Å²) in [5.74, 6) is -2.51. The molecule has 0 aromatic heterocycles. The molecule has 0 atom stereocenters. The predicted octanol–water partition coefficient (Wildman–Crippen LogP) is -2.46. The molecule has 90 valence electrons. The largest absolute Gasteiger partial charge is 0.480 e. The number of sulfonamides is 2. The molecular formula is C5H12N2O6S2. The maximum Gasteiger partial charge on any atom is 0.320 e. The number of nitrogens with one attached hydrogen (secondary N) is 2. The van der Waals surface area contributed by atoms with Crippen molar-refractivity contribution in [2.24, 2.45) is 0 Å². The van der Waals surface area contributed by atoms with Crippen LogP contribution in [0.25, 0.3) is 0 Å². The van der Waals surface area contributed by atoms with Crippen LogP contribution in [0.2, 0.25) is 0 Å². The Bertz CT molecular complexity index is 411. The van der Waals surface area contributed by atoms with Crippen LogP contribution in [0.15, 0.2) is 0 Å². The summed E-state index contributed by atoms with van der Waals surface area (Å²) in [6, 6.07) is 0. The molecule has 8 nitrogen and oxygen atoms in total. The fraction of sp³-hybridized carbons (Fsp3) is 0.800. The lowest BCUT2D eigenvalue weighted by Crippen LogP contribution is -2.36. The molecule has 0 spiro atoms. The number of rotatable bonds is 7. The van der Waals surface area contributed by atoms with Gasteiger partial charge in [-0.1, -0.05) is 0 Å². The number of hydrogen-bond donors (Lipinski definition) is 3. The predicted molar refractivity (Wildman–Crippen MR) is 52.3 cm³/mol. The number of hydrogen-bond acceptors (Lipinski definition) is 5. The first kappa shape index (κ1) is 14.3. The zero-order chi connectivity index (χ0) is 12.1. The first-order valence-electron chi connectivity index (χ1n) is 3.76. The molecule has 0 saturated heterocycles. The lowest BCUT2D eigenvalue weighted by Gasteiger charge is -2.04. The molecule has 3 N–H and O–H groups in total. The third-order valence-electron chi connectivity index (χ3n) is 1.12. The second-order valence-corrected chi connectivity index (χ2v) is 6.35. The maximum atomic E-state index is 10.9. The minimum Gasteiger partial charge on any atom is -0.480 e. The molecule has 0 rings (SSSR count). The fourth-order valence-corrected chi connectivity index (χ4v) is 1.97. The molecule has 0 unspecified atom stereocenters. The number of carboxylic acids is 1. The van der Waals surface area contributed by atoms with Crippen LogP contribution in [0.3, 0.4) is 0 Å². The van der Waals surface area contributed by atoms with Gasteiger partial charge in [-0.3, -0.25) is 4.79 Å². The maximum absolute atomic E-state index is 10.9. The normalized spacial score (nSPS) is 12.6. The Labute approximate surface area is 87.8 Å². The van der Waals surface area contributed by atoms with Crippen LogP contribution < -0.4 is 9.44 Å². The fourth-order valence-electron chi connectivity index (χ4n) is 0.657. The van der Waals surface area contributed by atoms with Gasteiger partial charge in [0.2, 0.25) is 20.0 Å². The highest BCUT2D eigenvalue weighted by Crippen LogP contribution is 1.83. The molecule has 0 fully saturated rings. The highest BCUT2D eigenvalue weighted by molar-refractivity contribution is 7.90. The SMILES string of the molecule is CS(=O)(=O)NCCNS(=O)(=O)CC(=O)O. The van der Waals surface area contributed by atoms with Crippen LogP contribution in [-0.2, 0) is 24.8 Å². The van der Waals surface area contributed by atoms with Crippen LogP contribution >= 0.6 is 0 Å². The molecular weight excluding hydrogens is 248 g/mol. The lowest BCUT2D eigenvalue weighted by molar-refractivity contribution is -0.134. The molecule has 0 aromatic carbocycles. The molecule has 0 aliphatic heterocycles. The summed E-state index contributed by atoms with van der Waals surface area (Å²) in [6.07, 6.45) is 0.929. The average Bonchev–Trinajstić information content (AvgIpc) is 1.93. The summed E-state index contributed by atoms with van der Waals surface area (Å²) in [5, 5.41) is 8.20. The van der Waals surface area contributed by atoms with Crippen molar-refractivity contribution in [3.63, 3.8) is 0 Å². The van der Waals surface area contributed by atoms with Crippen molar-refractivity contribution in [2.75, 3.05) is 25.1 Å². The van der Waals surface area contributed by atoms with E-state index in [0.29, 0.717) is 0 Å². The first-order valence-corrected chi connectivity index (χ1v) is 7.30. The van der Waals surface area contributed by atoms with Crippen molar-refractivity contribution in [2.45, 2.75) is 0 Å². The van der Waals surface area contributed by atoms with Gasteiger partial charge in [0.25, 0.3) is 0 Å². The van der Waals surface area contributed by atoms with Gasteiger partial charge in [-0.2, -0.15) is 0 Å². The lowest BCUT2D eigenvalue weighted by atomic mass is 10.7. The zero-order valence-corrected chi connectivity index (χ0v) is 9.56. The number of aliphatic carboxylic acids is 1. The van der Waals surface area contributed by atoms with E-state index >= 15 is 0 Å². The number of carboxylic acid groups (broad SMARTS) is 1. The van der Waals surface area contributed by atoms with Gasteiger partial charge in [-0.05, 0) is 0 Å². The second-order valence-electron chi connectivity index (χ2n) is 2.71. The van der Waals surface area contributed by atoms with E-state index in [0.717, 1.165) is 6.26 Å². The van der Waals surface area contributed by atoms with Gasteiger partial charge in [-0.25, -0.2) is 26.3 Å². The van der Waals surface area contributed by atoms with Crippen LogP contribution in [0.4, 0.5) is 0 Å². The van der Waals surface area contributed by atoms with E-state index in [1.54, 1.807) is 0 Å². The second kappa shape index (κ2) is 5.39. The Morgan fingerprint density at radius 1 is 1.13 bits per heavy atom. The summed E-state index contributed by atoms with van der Waals surface area (Å²) >= 11 is 0. The van der Waals surface area contributed by atoms with E-state index < -0.39 is 31.8 Å². The highest BCUT2D eigenvalue weighted by Gasteiger charge is 2.14. The first-order chi connectivity index (χ1) is 6.62. The quantitative estimate of drug-likeness (QED) is 0.435. The molecule has 10 heteroatoms. The van der Waals surface area contributed by atoms with Gasteiger partial charge < -0.3 is 5.11 Å². The Morgan fingerprint density at radius 3 is 2.00 bits per heavy atom. The molecule has 0 heterocycles. The Hall–Kier alpha value is -0.710. The Morgan fingerprint density at radius 2 is 1.60 bits per heavy atom. The van der Waals surface area contributed by atoms with E-state index in [9.17, 15) is 21.6 Å². The van der Waals surface area contributed by atoms with Crippen molar-refractivity contribution >= 4 is 26.0 Å². The Kier molecular flexibility index (Phi) is 5.14. The van der Waals surface area contributed by atoms with Gasteiger partial charge >= 0.3 is 5.97 Å². The Balaban J connectivity index is 3.92. The van der Waals surface area contributed by atoms with Crippen molar-refractivity contribution < 1.29 is 26.7 Å². The molecule has 0 bridgehead atoms. The minimum atomic E-state index is -3.88. The molecule has 0 amide bonds. The van der Waals surface area contributed by atoms with Crippen LogP contribution in [0, 0.1) is 0 Å². The summed E-state index contributed by atoms with van der Waals surface area (Å²) < 4.78 is 46.9. The van der Waals surface area contributed by atoms with E-state index in [-0.39, 0.29) is 13.1 Å². The van der Waals surface area contributed by atoms with Crippen LogP contribution in [0.5, 0.6) is 0 Å². The van der Waals surface area contributed by atoms with Gasteiger partial charge in [0.05, 0.1) is 6.26 Å². The molecule has 0 aromatic rings. The molecule has 0 aliphatic carbocycles. The summed E-state index contributed by atoms with van der Waals surface area (Å²) in [4.78, 5) is 10.1. The van der Waals surface area contributed by atoms with E-state index in [2.05, 4.69) is 0 Å². The van der Waals surface area contributed by atoms with Gasteiger partial charge in [0.15, 0.2) is 5.75 Å². The topological polar surface area (TPSA) is 130 Å². The molecule has 0 saturated carbocycles. The molecule has 0 radical (unpaired) electrons. The summed E-state index contributed by atoms with van der Waals surface area (Å²) in [6.45, 7) is -0.319. The van der Waals surface area contributed by atoms with Gasteiger partial charge in [0, 0.05) is 13.1 Å². The monoisotopic (exact) mass is 260 g/mol. The number of carbonyl (C=O) groups is 1. The standard InChI is InChI=1S/C5H12N2O6S2/c1-14(10,11)6-2-3-7-15(12,13)4-5(8)9/h6-7H,2-4H2,1H3,(H,8,9). The van der Waals surface area contributed by atoms with Gasteiger partial charge in [-0.15, -0.1) is 0 Å². The summed E-state index contributed by atoms with van der Waals surface area (Å²) in [7, 11) is -7.25. The van der Waals surface area contributed by atoms with E-state index in [1.807, 2.05) is 9.44 Å². The smallest absolute Gasteiger partial charge is 0.320 e. The average molecular weight is 260 g/mol. The zero-order valence-electron chi connectivity index (χ0n) is 7.93. The van der Waals surface area contributed by atoms with E-state index in [4.69, 9.17) is 5.11 Å². The van der Waals surface area contributed by atoms with Crippen LogP contribution in [-0.4, -0.2) is 53.0 Å². The molecule has 0 aliphatic rings. The molecule has 15 heavy (non-hydrogen) atoms. The van der Waals surface area contributed by atoms with Crippen molar-refractivity contribution in [3.8, 4) is 0 Å². The van der Waals surface area contributed by atoms with E-state index in [1.165, 1.54) is 0 Å². The summed E-state index contributed by atoms with van der Waals surface area (Å²) in [5.41, 5.74) is 0. The van der Waals surface area contributed by atoms with Crippen LogP contribution in [0.1, 0.15) is 0 Å². The van der Waals surface area contributed by atoms with Crippen molar-refractivity contribution in [3.05, 3.63) is 0 Å². The third-order valence-corrected chi connectivity index (χ3v) is 3.12. The van der Waals surface area contributed by atoms with Crippen molar-refractivity contribution in [1.82, 2.24) is 9.44 Å².